The number of hydrogen-bond acceptors (Lipinski definition) is 5. The average molecular weight is 456 g/mol. The Bertz CT molecular complexity index is 815. The lowest BCUT2D eigenvalue weighted by Crippen LogP contribution is -2.48. The minimum atomic E-state index is -4.41. The monoisotopic (exact) mass is 455 g/mol. The minimum absolute atomic E-state index is 0.0888. The highest BCUT2D eigenvalue weighted by molar-refractivity contribution is 5.78. The first-order valence-electron chi connectivity index (χ1n) is 11.4. The van der Waals surface area contributed by atoms with Crippen LogP contribution in [0.15, 0.2) is 24.3 Å². The van der Waals surface area contributed by atoms with E-state index in [0.717, 1.165) is 37.9 Å². The Labute approximate surface area is 186 Å². The van der Waals surface area contributed by atoms with E-state index in [9.17, 15) is 28.2 Å². The molecule has 0 aromatic heterocycles. The number of anilines is 1. The number of hydrogen-bond donors (Lipinski definition) is 2. The number of benzene rings is 1. The lowest BCUT2D eigenvalue weighted by molar-refractivity contribution is -0.137. The number of likely N-dealkylation sites (tertiary alicyclic amines) is 1. The van der Waals surface area contributed by atoms with Crippen LogP contribution in [0.1, 0.15) is 37.7 Å². The fraction of sp³-hybridized carbons (Fsp3) is 0.696. The largest absolute Gasteiger partial charge is 0.416 e. The van der Waals surface area contributed by atoms with E-state index in [-0.39, 0.29) is 36.5 Å². The number of carbonyl (C=O) groups is 1. The van der Waals surface area contributed by atoms with Crippen LogP contribution in [0.4, 0.5) is 18.9 Å². The highest BCUT2D eigenvalue weighted by Crippen LogP contribution is 2.53. The fourth-order valence-corrected chi connectivity index (χ4v) is 5.06. The molecule has 3 fully saturated rings. The van der Waals surface area contributed by atoms with Crippen molar-refractivity contribution in [3.63, 3.8) is 0 Å². The molecule has 1 saturated carbocycles. The SMILES string of the molecule is O=C1CCN(c2cccc(C(F)(F)F)c2)CCN1C(CO)CCN1CCC2(CC2)C(O)C1. The number of aliphatic hydroxyl groups is 2. The van der Waals surface area contributed by atoms with Crippen LogP contribution in [0.2, 0.25) is 0 Å². The lowest BCUT2D eigenvalue weighted by atomic mass is 9.90. The van der Waals surface area contributed by atoms with E-state index >= 15 is 0 Å². The molecule has 32 heavy (non-hydrogen) atoms. The average Bonchev–Trinajstić information content (AvgIpc) is 3.56. The molecule has 1 aromatic rings. The number of rotatable bonds is 6. The maximum absolute atomic E-state index is 13.1. The minimum Gasteiger partial charge on any atom is -0.394 e. The highest BCUT2D eigenvalue weighted by atomic mass is 19.4. The number of carbonyl (C=O) groups excluding carboxylic acids is 1. The van der Waals surface area contributed by atoms with Crippen molar-refractivity contribution < 1.29 is 28.2 Å². The molecule has 1 amide bonds. The van der Waals surface area contributed by atoms with Crippen LogP contribution in [0.25, 0.3) is 0 Å². The Morgan fingerprint density at radius 3 is 2.56 bits per heavy atom. The summed E-state index contributed by atoms with van der Waals surface area (Å²) in [7, 11) is 0. The van der Waals surface area contributed by atoms with Gasteiger partial charge in [0.2, 0.25) is 5.91 Å². The Balaban J connectivity index is 1.35. The van der Waals surface area contributed by atoms with Gasteiger partial charge in [-0.1, -0.05) is 6.07 Å². The zero-order chi connectivity index (χ0) is 22.9. The Morgan fingerprint density at radius 1 is 1.12 bits per heavy atom. The van der Waals surface area contributed by atoms with Gasteiger partial charge in [-0.3, -0.25) is 4.79 Å². The molecule has 2 unspecified atom stereocenters. The molecule has 1 aliphatic carbocycles. The van der Waals surface area contributed by atoms with Crippen molar-refractivity contribution in [3.8, 4) is 0 Å². The molecule has 9 heteroatoms. The first-order valence-corrected chi connectivity index (χ1v) is 11.4. The van der Waals surface area contributed by atoms with Gasteiger partial charge in [0.25, 0.3) is 0 Å². The van der Waals surface area contributed by atoms with Crippen molar-refractivity contribution in [3.05, 3.63) is 29.8 Å². The van der Waals surface area contributed by atoms with Crippen LogP contribution in [0, 0.1) is 5.41 Å². The predicted octanol–water partition coefficient (Wildman–Crippen LogP) is 2.34. The zero-order valence-electron chi connectivity index (χ0n) is 18.2. The van der Waals surface area contributed by atoms with E-state index in [2.05, 4.69) is 4.90 Å². The summed E-state index contributed by atoms with van der Waals surface area (Å²) in [5.74, 6) is -0.0888. The third-order valence-electron chi connectivity index (χ3n) is 7.45. The molecule has 2 heterocycles. The standard InChI is InChI=1S/C23H32F3N3O3/c24-23(25,26)17-2-1-3-18(14-17)28-10-5-21(32)29(13-12-28)19(16-30)4-9-27-11-8-22(6-7-22)20(31)15-27/h1-3,14,19-20,30-31H,4-13,15-16H2. The van der Waals surface area contributed by atoms with Crippen LogP contribution in [0.5, 0.6) is 0 Å². The topological polar surface area (TPSA) is 67.2 Å². The van der Waals surface area contributed by atoms with Crippen LogP contribution in [-0.4, -0.2) is 83.9 Å². The number of halogens is 3. The number of alkyl halides is 3. The third kappa shape index (κ3) is 5.05. The Kier molecular flexibility index (Phi) is 6.70. The van der Waals surface area contributed by atoms with Gasteiger partial charge in [-0.15, -0.1) is 0 Å². The summed E-state index contributed by atoms with van der Waals surface area (Å²) in [5.41, 5.74) is -0.112. The number of amides is 1. The molecule has 3 aliphatic rings. The number of nitrogens with zero attached hydrogens (tertiary/aromatic N) is 3. The predicted molar refractivity (Wildman–Crippen MR) is 114 cm³/mol. The van der Waals surface area contributed by atoms with E-state index in [1.165, 1.54) is 6.07 Å². The van der Waals surface area contributed by atoms with E-state index in [0.29, 0.717) is 44.8 Å². The van der Waals surface area contributed by atoms with Crippen molar-refractivity contribution in [1.29, 1.82) is 0 Å². The van der Waals surface area contributed by atoms with Gasteiger partial charge in [-0.25, -0.2) is 0 Å². The maximum Gasteiger partial charge on any atom is 0.416 e. The lowest BCUT2D eigenvalue weighted by Gasteiger charge is -2.38. The van der Waals surface area contributed by atoms with Crippen LogP contribution in [0.3, 0.4) is 0 Å². The molecule has 6 nitrogen and oxygen atoms in total. The van der Waals surface area contributed by atoms with Gasteiger partial charge >= 0.3 is 6.18 Å². The summed E-state index contributed by atoms with van der Waals surface area (Å²) >= 11 is 0. The number of aliphatic hydroxyl groups excluding tert-OH is 2. The molecular formula is C23H32F3N3O3. The van der Waals surface area contributed by atoms with Gasteiger partial charge in [-0.2, -0.15) is 13.2 Å². The summed E-state index contributed by atoms with van der Waals surface area (Å²) < 4.78 is 39.2. The second kappa shape index (κ2) is 9.19. The van der Waals surface area contributed by atoms with Crippen molar-refractivity contribution in [2.75, 3.05) is 50.8 Å². The molecule has 2 saturated heterocycles. The summed E-state index contributed by atoms with van der Waals surface area (Å²) in [6.45, 7) is 3.20. The molecule has 2 N–H and O–H groups in total. The van der Waals surface area contributed by atoms with Crippen molar-refractivity contribution in [1.82, 2.24) is 9.80 Å². The van der Waals surface area contributed by atoms with Gasteiger partial charge in [0, 0.05) is 44.8 Å². The zero-order valence-corrected chi connectivity index (χ0v) is 18.2. The summed E-state index contributed by atoms with van der Waals surface area (Å²) in [4.78, 5) is 18.5. The number of piperidine rings is 1. The van der Waals surface area contributed by atoms with E-state index in [1.54, 1.807) is 15.9 Å². The van der Waals surface area contributed by atoms with Crippen LogP contribution >= 0.6 is 0 Å². The second-order valence-corrected chi connectivity index (χ2v) is 9.43. The molecule has 0 radical (unpaired) electrons. The van der Waals surface area contributed by atoms with Gasteiger partial charge in [0.15, 0.2) is 0 Å². The third-order valence-corrected chi connectivity index (χ3v) is 7.45. The molecule has 2 atom stereocenters. The summed E-state index contributed by atoms with van der Waals surface area (Å²) in [6, 6.07) is 4.85. The van der Waals surface area contributed by atoms with E-state index in [4.69, 9.17) is 0 Å². The Hall–Kier alpha value is -1.84. The number of β-amino-alcohol motifs (C(OH)–C–C–N with tert-alkyl or cyclic N) is 1. The van der Waals surface area contributed by atoms with Crippen molar-refractivity contribution in [2.24, 2.45) is 5.41 Å². The van der Waals surface area contributed by atoms with Crippen LogP contribution < -0.4 is 4.90 Å². The molecule has 178 valence electrons. The smallest absolute Gasteiger partial charge is 0.394 e. The van der Waals surface area contributed by atoms with Gasteiger partial charge < -0.3 is 24.9 Å². The fourth-order valence-electron chi connectivity index (χ4n) is 5.06. The van der Waals surface area contributed by atoms with Crippen molar-refractivity contribution in [2.45, 2.75) is 50.4 Å². The molecule has 1 spiro atoms. The first kappa shape index (κ1) is 23.3. The van der Waals surface area contributed by atoms with Gasteiger partial charge in [0.1, 0.15) is 0 Å². The first-order chi connectivity index (χ1) is 15.2. The van der Waals surface area contributed by atoms with Gasteiger partial charge in [-0.05, 0) is 55.8 Å². The molecule has 1 aromatic carbocycles. The molecule has 0 bridgehead atoms. The summed E-state index contributed by atoms with van der Waals surface area (Å²) in [5, 5.41) is 20.4. The van der Waals surface area contributed by atoms with E-state index < -0.39 is 11.7 Å². The van der Waals surface area contributed by atoms with Crippen molar-refractivity contribution >= 4 is 11.6 Å². The van der Waals surface area contributed by atoms with Gasteiger partial charge in [0.05, 0.1) is 24.3 Å². The maximum atomic E-state index is 13.1. The normalized spacial score (nSPS) is 25.2. The van der Waals surface area contributed by atoms with E-state index in [1.807, 2.05) is 0 Å². The van der Waals surface area contributed by atoms with Crippen LogP contribution in [-0.2, 0) is 11.0 Å². The Morgan fingerprint density at radius 2 is 1.91 bits per heavy atom. The molecule has 4 rings (SSSR count). The molecular weight excluding hydrogens is 423 g/mol. The highest BCUT2D eigenvalue weighted by Gasteiger charge is 2.51. The quantitative estimate of drug-likeness (QED) is 0.690. The summed E-state index contributed by atoms with van der Waals surface area (Å²) in [6.07, 6.45) is -0.717. The second-order valence-electron chi connectivity index (χ2n) is 9.43. The molecule has 2 aliphatic heterocycles.